The minimum Gasteiger partial charge on any atom is -0.369 e. The van der Waals surface area contributed by atoms with Crippen LogP contribution in [0.25, 0.3) is 11.1 Å². The minimum atomic E-state index is 0.178. The summed E-state index contributed by atoms with van der Waals surface area (Å²) in [6.45, 7) is 16.7. The van der Waals surface area contributed by atoms with Crippen molar-refractivity contribution < 1.29 is 19.1 Å². The smallest absolute Gasteiger partial charge is 0.158 e. The summed E-state index contributed by atoms with van der Waals surface area (Å²) in [5.41, 5.74) is 4.38. The molecule has 2 aromatic rings. The quantitative estimate of drug-likeness (QED) is 0.0889. The number of unbranched alkanes of at least 4 members (excludes halogenated alkanes) is 4. The Morgan fingerprint density at radius 2 is 0.783 bits per heavy atom. The van der Waals surface area contributed by atoms with Crippen molar-refractivity contribution in [2.75, 3.05) is 52.5 Å². The first-order valence-corrected chi connectivity index (χ1v) is 18.3. The van der Waals surface area contributed by atoms with E-state index in [9.17, 15) is 9.59 Å². The molecule has 0 heterocycles. The van der Waals surface area contributed by atoms with E-state index >= 15 is 0 Å². The molecule has 0 spiro atoms. The fourth-order valence-corrected chi connectivity index (χ4v) is 5.49. The zero-order valence-corrected chi connectivity index (χ0v) is 29.7. The predicted molar refractivity (Wildman–Crippen MR) is 192 cm³/mol. The predicted octanol–water partition coefficient (Wildman–Crippen LogP) is 8.89. The van der Waals surface area contributed by atoms with Gasteiger partial charge in [-0.1, -0.05) is 102 Å². The number of carbonyl (C=O) groups excluding carboxylic acids is 2. The molecule has 0 saturated heterocycles. The number of hydrogen-bond donors (Lipinski definition) is 0. The van der Waals surface area contributed by atoms with Gasteiger partial charge in [-0.05, 0) is 100 Å². The Labute approximate surface area is 281 Å². The zero-order chi connectivity index (χ0) is 33.2. The summed E-state index contributed by atoms with van der Waals surface area (Å²) < 4.78 is 11.5. The van der Waals surface area contributed by atoms with E-state index in [1.165, 1.54) is 51.4 Å². The summed E-state index contributed by atoms with van der Waals surface area (Å²) in [5.74, 6) is 0.367. The van der Waals surface area contributed by atoms with Gasteiger partial charge in [0.2, 0.25) is 0 Å². The van der Waals surface area contributed by atoms with Crippen LogP contribution >= 0.6 is 0 Å². The molecule has 0 N–H and O–H groups in total. The van der Waals surface area contributed by atoms with Crippen LogP contribution < -0.4 is 0 Å². The lowest BCUT2D eigenvalue weighted by Gasteiger charge is -2.21. The van der Waals surface area contributed by atoms with Gasteiger partial charge in [-0.3, -0.25) is 9.59 Å². The van der Waals surface area contributed by atoms with Gasteiger partial charge >= 0.3 is 0 Å². The zero-order valence-electron chi connectivity index (χ0n) is 29.7. The molecule has 2 aromatic carbocycles. The third-order valence-electron chi connectivity index (χ3n) is 8.48. The Bertz CT molecular complexity index is 952. The Morgan fingerprint density at radius 1 is 0.478 bits per heavy atom. The Kier molecular flexibility index (Phi) is 22.2. The van der Waals surface area contributed by atoms with Gasteiger partial charge in [-0.15, -0.1) is 0 Å². The van der Waals surface area contributed by atoms with Gasteiger partial charge in [0.15, 0.2) is 11.6 Å². The minimum absolute atomic E-state index is 0.178. The molecule has 0 aliphatic heterocycles. The Hall–Kier alpha value is -2.38. The maximum atomic E-state index is 12.4. The molecular formula is C40H64N2O4. The first-order valence-electron chi connectivity index (χ1n) is 18.3. The summed E-state index contributed by atoms with van der Waals surface area (Å²) in [5, 5.41) is 0. The second-order valence-corrected chi connectivity index (χ2v) is 12.8. The number of benzene rings is 2. The standard InChI is InChI=1S/C40H64N2O4/c1-5-9-25-41(26-10-6-2)29-13-15-39(43)33-45-31-35-17-21-37(22-18-35)38-23-19-36(20-24-38)32-46-34-40(44)16-14-30-42(27-11-7-3)28-12-8-4/h17-24H,5-16,25-34H2,1-4H3. The SMILES string of the molecule is CCCCN(CCCC)CCCC(=O)COCc1ccc(-c2ccc(COCC(=O)CCCN(CCCC)CCCC)cc2)cc1. The first-order chi connectivity index (χ1) is 22.5. The summed E-state index contributed by atoms with van der Waals surface area (Å²) in [4.78, 5) is 29.7. The molecule has 0 amide bonds. The average Bonchev–Trinajstić information content (AvgIpc) is 3.07. The summed E-state index contributed by atoms with van der Waals surface area (Å²) in [6.07, 6.45) is 12.7. The third kappa shape index (κ3) is 18.1. The number of carbonyl (C=O) groups is 2. The van der Waals surface area contributed by atoms with E-state index in [1.807, 2.05) is 0 Å². The van der Waals surface area contributed by atoms with Gasteiger partial charge in [-0.2, -0.15) is 0 Å². The fraction of sp³-hybridized carbons (Fsp3) is 0.650. The van der Waals surface area contributed by atoms with Crippen molar-refractivity contribution in [3.8, 4) is 11.1 Å². The molecule has 0 aliphatic carbocycles. The van der Waals surface area contributed by atoms with Gasteiger partial charge in [-0.25, -0.2) is 0 Å². The highest BCUT2D eigenvalue weighted by molar-refractivity contribution is 5.80. The van der Waals surface area contributed by atoms with E-state index in [4.69, 9.17) is 9.47 Å². The van der Waals surface area contributed by atoms with E-state index in [0.717, 1.165) is 74.4 Å². The Morgan fingerprint density at radius 3 is 1.09 bits per heavy atom. The monoisotopic (exact) mass is 636 g/mol. The molecule has 6 heteroatoms. The van der Waals surface area contributed by atoms with Crippen LogP contribution in [0.5, 0.6) is 0 Å². The van der Waals surface area contributed by atoms with Crippen LogP contribution in [0.3, 0.4) is 0 Å². The van der Waals surface area contributed by atoms with Crippen LogP contribution in [-0.2, 0) is 32.3 Å². The van der Waals surface area contributed by atoms with Crippen molar-refractivity contribution in [3.05, 3.63) is 59.7 Å². The second-order valence-electron chi connectivity index (χ2n) is 12.8. The number of hydrogen-bond acceptors (Lipinski definition) is 6. The maximum absolute atomic E-state index is 12.4. The van der Waals surface area contributed by atoms with Crippen LogP contribution in [0.2, 0.25) is 0 Å². The number of ketones is 2. The van der Waals surface area contributed by atoms with Crippen LogP contribution in [0.4, 0.5) is 0 Å². The van der Waals surface area contributed by atoms with Crippen molar-refractivity contribution in [2.24, 2.45) is 0 Å². The molecule has 0 aliphatic rings. The average molecular weight is 637 g/mol. The van der Waals surface area contributed by atoms with Gasteiger partial charge in [0.05, 0.1) is 13.2 Å². The lowest BCUT2D eigenvalue weighted by molar-refractivity contribution is -0.124. The molecule has 0 fully saturated rings. The molecule has 6 nitrogen and oxygen atoms in total. The lowest BCUT2D eigenvalue weighted by atomic mass is 10.0. The first kappa shape index (κ1) is 39.8. The van der Waals surface area contributed by atoms with Crippen molar-refractivity contribution in [3.63, 3.8) is 0 Å². The highest BCUT2D eigenvalue weighted by atomic mass is 16.5. The van der Waals surface area contributed by atoms with Crippen LogP contribution in [0, 0.1) is 0 Å². The Balaban J connectivity index is 1.65. The normalized spacial score (nSPS) is 11.5. The highest BCUT2D eigenvalue weighted by Crippen LogP contribution is 2.21. The summed E-state index contributed by atoms with van der Waals surface area (Å²) >= 11 is 0. The molecular weight excluding hydrogens is 572 g/mol. The largest absolute Gasteiger partial charge is 0.369 e. The van der Waals surface area contributed by atoms with Gasteiger partial charge in [0, 0.05) is 12.8 Å². The van der Waals surface area contributed by atoms with Gasteiger partial charge in [0.1, 0.15) is 13.2 Å². The molecule has 46 heavy (non-hydrogen) atoms. The third-order valence-corrected chi connectivity index (χ3v) is 8.48. The molecule has 0 atom stereocenters. The summed E-state index contributed by atoms with van der Waals surface area (Å²) in [7, 11) is 0. The number of rotatable bonds is 29. The van der Waals surface area contributed by atoms with Crippen molar-refractivity contribution >= 4 is 11.6 Å². The number of Topliss-reactive ketones (excluding diaryl/α,β-unsaturated/α-hetero) is 2. The van der Waals surface area contributed by atoms with Crippen molar-refractivity contribution in [1.82, 2.24) is 9.80 Å². The molecule has 2 rings (SSSR count). The lowest BCUT2D eigenvalue weighted by Crippen LogP contribution is -2.27. The number of ether oxygens (including phenoxy) is 2. The molecule has 0 aromatic heterocycles. The highest BCUT2D eigenvalue weighted by Gasteiger charge is 2.09. The van der Waals surface area contributed by atoms with E-state index in [-0.39, 0.29) is 24.8 Å². The summed E-state index contributed by atoms with van der Waals surface area (Å²) in [6, 6.07) is 16.6. The van der Waals surface area contributed by atoms with Gasteiger partial charge in [0.25, 0.3) is 0 Å². The van der Waals surface area contributed by atoms with Crippen molar-refractivity contribution in [2.45, 2.75) is 118 Å². The van der Waals surface area contributed by atoms with Crippen molar-refractivity contribution in [1.29, 1.82) is 0 Å². The van der Waals surface area contributed by atoms with E-state index in [2.05, 4.69) is 86.0 Å². The fourth-order valence-electron chi connectivity index (χ4n) is 5.49. The van der Waals surface area contributed by atoms with Gasteiger partial charge < -0.3 is 19.3 Å². The molecule has 0 unspecified atom stereocenters. The molecule has 0 bridgehead atoms. The van der Waals surface area contributed by atoms with E-state index in [1.54, 1.807) is 0 Å². The molecule has 0 saturated carbocycles. The maximum Gasteiger partial charge on any atom is 0.158 e. The second kappa shape index (κ2) is 25.7. The van der Waals surface area contributed by atoms with E-state index in [0.29, 0.717) is 26.1 Å². The molecule has 0 radical (unpaired) electrons. The van der Waals surface area contributed by atoms with Crippen LogP contribution in [-0.4, -0.2) is 73.8 Å². The number of nitrogens with zero attached hydrogens (tertiary/aromatic N) is 2. The molecule has 258 valence electrons. The van der Waals surface area contributed by atoms with Crippen LogP contribution in [0.1, 0.15) is 116 Å². The van der Waals surface area contributed by atoms with E-state index < -0.39 is 0 Å². The van der Waals surface area contributed by atoms with Crippen LogP contribution in [0.15, 0.2) is 48.5 Å². The topological polar surface area (TPSA) is 59.1 Å².